The second-order valence-electron chi connectivity index (χ2n) is 6.64. The van der Waals surface area contributed by atoms with E-state index in [4.69, 9.17) is 0 Å². The summed E-state index contributed by atoms with van der Waals surface area (Å²) in [5.74, 6) is 1.95. The molecule has 0 spiro atoms. The quantitative estimate of drug-likeness (QED) is 0.811. The Bertz CT molecular complexity index is 567. The highest BCUT2D eigenvalue weighted by molar-refractivity contribution is 5.63. The maximum absolute atomic E-state index is 3.82. The number of rotatable bonds is 6. The molecule has 1 heteroatoms. The molecule has 4 rings (SSSR count). The van der Waals surface area contributed by atoms with Crippen LogP contribution in [0.1, 0.15) is 31.2 Å². The lowest BCUT2D eigenvalue weighted by atomic mass is 10.0. The molecule has 0 atom stereocenters. The van der Waals surface area contributed by atoms with Gasteiger partial charge in [0.1, 0.15) is 0 Å². The third-order valence-corrected chi connectivity index (χ3v) is 4.86. The van der Waals surface area contributed by atoms with Crippen molar-refractivity contribution in [2.75, 3.05) is 0 Å². The highest BCUT2D eigenvalue weighted by Crippen LogP contribution is 2.44. The SMILES string of the molecule is c1ccc(-c2ccc(CNC(C3CC3)C3CC3)cc2)cc1. The van der Waals surface area contributed by atoms with Crippen LogP contribution in [0.15, 0.2) is 54.6 Å². The molecular formula is C20H23N. The third-order valence-electron chi connectivity index (χ3n) is 4.86. The molecule has 2 aliphatic rings. The highest BCUT2D eigenvalue weighted by Gasteiger charge is 2.40. The molecule has 1 nitrogen and oxygen atoms in total. The zero-order valence-corrected chi connectivity index (χ0v) is 12.5. The number of benzene rings is 2. The first-order chi connectivity index (χ1) is 10.4. The Morgan fingerprint density at radius 2 is 1.33 bits per heavy atom. The Labute approximate surface area is 127 Å². The molecule has 0 amide bonds. The van der Waals surface area contributed by atoms with E-state index in [9.17, 15) is 0 Å². The fourth-order valence-corrected chi connectivity index (χ4v) is 3.31. The largest absolute Gasteiger partial charge is 0.309 e. The molecule has 0 heterocycles. The van der Waals surface area contributed by atoms with Crippen LogP contribution in [0.4, 0.5) is 0 Å². The average Bonchev–Trinajstić information content (AvgIpc) is 3.43. The van der Waals surface area contributed by atoms with Gasteiger partial charge in [0.25, 0.3) is 0 Å². The van der Waals surface area contributed by atoms with Gasteiger partial charge in [-0.3, -0.25) is 0 Å². The zero-order chi connectivity index (χ0) is 14.1. The standard InChI is InChI=1S/C20H23N/c1-2-4-16(5-3-1)17-8-6-15(7-9-17)14-21-20(18-10-11-18)19-12-13-19/h1-9,18-21H,10-14H2. The maximum Gasteiger partial charge on any atom is 0.0208 e. The molecule has 2 fully saturated rings. The normalized spacial score (nSPS) is 18.1. The molecule has 0 saturated heterocycles. The van der Waals surface area contributed by atoms with E-state index in [1.807, 2.05) is 0 Å². The second kappa shape index (κ2) is 5.65. The van der Waals surface area contributed by atoms with Crippen LogP contribution in [0.2, 0.25) is 0 Å². The second-order valence-corrected chi connectivity index (χ2v) is 6.64. The van der Waals surface area contributed by atoms with E-state index in [1.54, 1.807) is 0 Å². The van der Waals surface area contributed by atoms with Gasteiger partial charge < -0.3 is 5.32 Å². The molecule has 108 valence electrons. The minimum Gasteiger partial charge on any atom is -0.309 e. The van der Waals surface area contributed by atoms with Gasteiger partial charge in [0.05, 0.1) is 0 Å². The van der Waals surface area contributed by atoms with Crippen molar-refractivity contribution < 1.29 is 0 Å². The number of hydrogen-bond acceptors (Lipinski definition) is 1. The summed E-state index contributed by atoms with van der Waals surface area (Å²) in [6.45, 7) is 1.02. The van der Waals surface area contributed by atoms with Crippen molar-refractivity contribution in [1.29, 1.82) is 0 Å². The first kappa shape index (κ1) is 13.1. The fraction of sp³-hybridized carbons (Fsp3) is 0.400. The summed E-state index contributed by atoms with van der Waals surface area (Å²) in [5.41, 5.74) is 4.01. The van der Waals surface area contributed by atoms with E-state index >= 15 is 0 Å². The number of hydrogen-bond donors (Lipinski definition) is 1. The smallest absolute Gasteiger partial charge is 0.0208 e. The Morgan fingerprint density at radius 1 is 0.762 bits per heavy atom. The van der Waals surface area contributed by atoms with Crippen molar-refractivity contribution >= 4 is 0 Å². The Hall–Kier alpha value is -1.60. The summed E-state index contributed by atoms with van der Waals surface area (Å²) in [5, 5.41) is 3.82. The molecule has 0 unspecified atom stereocenters. The summed E-state index contributed by atoms with van der Waals surface area (Å²) >= 11 is 0. The van der Waals surface area contributed by atoms with Gasteiger partial charge in [-0.1, -0.05) is 54.6 Å². The molecule has 2 saturated carbocycles. The zero-order valence-electron chi connectivity index (χ0n) is 12.5. The van der Waals surface area contributed by atoms with Crippen LogP contribution in [-0.2, 0) is 6.54 Å². The number of nitrogens with one attached hydrogen (secondary N) is 1. The lowest BCUT2D eigenvalue weighted by Crippen LogP contribution is -2.32. The summed E-state index contributed by atoms with van der Waals surface area (Å²) in [7, 11) is 0. The van der Waals surface area contributed by atoms with Crippen LogP contribution in [0.5, 0.6) is 0 Å². The van der Waals surface area contributed by atoms with Crippen LogP contribution in [-0.4, -0.2) is 6.04 Å². The molecule has 2 aliphatic carbocycles. The van der Waals surface area contributed by atoms with E-state index < -0.39 is 0 Å². The Morgan fingerprint density at radius 3 is 1.90 bits per heavy atom. The van der Waals surface area contributed by atoms with Crippen LogP contribution in [0.3, 0.4) is 0 Å². The van der Waals surface area contributed by atoms with Crippen molar-refractivity contribution in [3.63, 3.8) is 0 Å². The molecule has 0 aliphatic heterocycles. The van der Waals surface area contributed by atoms with Crippen molar-refractivity contribution in [3.8, 4) is 11.1 Å². The summed E-state index contributed by atoms with van der Waals surface area (Å²) in [6, 6.07) is 20.4. The van der Waals surface area contributed by atoms with Gasteiger partial charge in [-0.2, -0.15) is 0 Å². The van der Waals surface area contributed by atoms with E-state index in [0.29, 0.717) is 0 Å². The van der Waals surface area contributed by atoms with E-state index in [2.05, 4.69) is 59.9 Å². The van der Waals surface area contributed by atoms with Gasteiger partial charge in [-0.05, 0) is 54.2 Å². The molecule has 2 aromatic rings. The van der Waals surface area contributed by atoms with Crippen LogP contribution < -0.4 is 5.32 Å². The summed E-state index contributed by atoms with van der Waals surface area (Å²) < 4.78 is 0. The molecule has 2 aromatic carbocycles. The van der Waals surface area contributed by atoms with Crippen molar-refractivity contribution in [3.05, 3.63) is 60.2 Å². The lowest BCUT2D eigenvalue weighted by Gasteiger charge is -2.17. The minimum atomic E-state index is 0.791. The third kappa shape index (κ3) is 3.19. The Kier molecular flexibility index (Phi) is 3.52. The van der Waals surface area contributed by atoms with Crippen LogP contribution >= 0.6 is 0 Å². The first-order valence-corrected chi connectivity index (χ1v) is 8.28. The van der Waals surface area contributed by atoms with Gasteiger partial charge in [0.15, 0.2) is 0 Å². The van der Waals surface area contributed by atoms with E-state index in [1.165, 1.54) is 42.4 Å². The highest BCUT2D eigenvalue weighted by atomic mass is 14.9. The molecule has 0 radical (unpaired) electrons. The van der Waals surface area contributed by atoms with E-state index in [0.717, 1.165) is 24.4 Å². The molecule has 0 aromatic heterocycles. The molecule has 1 N–H and O–H groups in total. The fourth-order valence-electron chi connectivity index (χ4n) is 3.31. The van der Waals surface area contributed by atoms with Crippen molar-refractivity contribution in [2.24, 2.45) is 11.8 Å². The predicted molar refractivity (Wildman–Crippen MR) is 88.0 cm³/mol. The molecule has 21 heavy (non-hydrogen) atoms. The summed E-state index contributed by atoms with van der Waals surface area (Å²) in [6.07, 6.45) is 5.78. The van der Waals surface area contributed by atoms with Gasteiger partial charge in [-0.15, -0.1) is 0 Å². The maximum atomic E-state index is 3.82. The first-order valence-electron chi connectivity index (χ1n) is 8.28. The van der Waals surface area contributed by atoms with Crippen molar-refractivity contribution in [2.45, 2.75) is 38.3 Å². The van der Waals surface area contributed by atoms with E-state index in [-0.39, 0.29) is 0 Å². The minimum absolute atomic E-state index is 0.791. The Balaban J connectivity index is 1.39. The van der Waals surface area contributed by atoms with Crippen molar-refractivity contribution in [1.82, 2.24) is 5.32 Å². The average molecular weight is 277 g/mol. The summed E-state index contributed by atoms with van der Waals surface area (Å²) in [4.78, 5) is 0. The van der Waals surface area contributed by atoms with Crippen LogP contribution in [0.25, 0.3) is 11.1 Å². The van der Waals surface area contributed by atoms with Gasteiger partial charge in [0, 0.05) is 12.6 Å². The topological polar surface area (TPSA) is 12.0 Å². The monoisotopic (exact) mass is 277 g/mol. The van der Waals surface area contributed by atoms with Gasteiger partial charge in [0.2, 0.25) is 0 Å². The predicted octanol–water partition coefficient (Wildman–Crippen LogP) is 4.63. The lowest BCUT2D eigenvalue weighted by molar-refractivity contribution is 0.416. The van der Waals surface area contributed by atoms with Crippen LogP contribution in [0, 0.1) is 11.8 Å². The van der Waals surface area contributed by atoms with Gasteiger partial charge >= 0.3 is 0 Å². The molecular weight excluding hydrogens is 254 g/mol. The molecule has 0 bridgehead atoms. The van der Waals surface area contributed by atoms with Gasteiger partial charge in [-0.25, -0.2) is 0 Å².